The van der Waals surface area contributed by atoms with Crippen molar-refractivity contribution in [3.8, 4) is 33.4 Å². The smallest absolute Gasteiger partial charge is 0.330 e. The molecule has 0 bridgehead atoms. The minimum atomic E-state index is -0.782. The number of hydrogen-bond donors (Lipinski definition) is 0. The Bertz CT molecular complexity index is 3430. The van der Waals surface area contributed by atoms with Crippen LogP contribution < -0.4 is 0 Å². The molecule has 0 saturated carbocycles. The van der Waals surface area contributed by atoms with Gasteiger partial charge in [-0.3, -0.25) is 0 Å². The summed E-state index contributed by atoms with van der Waals surface area (Å²) in [5.74, 6) is -0.946. The first-order valence-corrected chi connectivity index (χ1v) is 23.5. The molecule has 0 N–H and O–H groups in total. The number of carbonyl (C=O) groups is 2. The van der Waals surface area contributed by atoms with Crippen molar-refractivity contribution >= 4 is 76.6 Å². The van der Waals surface area contributed by atoms with Crippen molar-refractivity contribution in [2.24, 2.45) is 0 Å². The fourth-order valence-corrected chi connectivity index (χ4v) is 11.2. The zero-order valence-electron chi connectivity index (χ0n) is 39.2. The standard InChI is InChI=1S/C63H54O4/c1-9-55(64)66-29-11-28-63(36-67-56(65)10-2)53-34-39(47-22-16-37-12-14-41-30-45(61(3,4)5)32-43-20-26-51(47)59(37)57(41)43)18-24-49(53)50-25-19-40(35-54(50)63)48-23-17-38-13-15-42-31-46(62(6,7)8)33-44-21-27-52(48)60(38)58(42)44/h9-10,12-27,30-35H,1-2,11,28-29,36H2,3-8H3. The van der Waals surface area contributed by atoms with Gasteiger partial charge in [0.25, 0.3) is 0 Å². The van der Waals surface area contributed by atoms with Crippen LogP contribution in [0.5, 0.6) is 0 Å². The summed E-state index contributed by atoms with van der Waals surface area (Å²) in [5.41, 5.74) is 10.7. The molecule has 1 aliphatic rings. The summed E-state index contributed by atoms with van der Waals surface area (Å²) in [7, 11) is 0. The molecule has 67 heavy (non-hydrogen) atoms. The Balaban J connectivity index is 1.10. The molecule has 10 aromatic rings. The zero-order valence-corrected chi connectivity index (χ0v) is 39.2. The van der Waals surface area contributed by atoms with Gasteiger partial charge in [0.15, 0.2) is 0 Å². The summed E-state index contributed by atoms with van der Waals surface area (Å²) in [6, 6.07) is 50.1. The van der Waals surface area contributed by atoms with Crippen molar-refractivity contribution in [2.75, 3.05) is 13.2 Å². The maximum absolute atomic E-state index is 13.1. The molecule has 10 aromatic carbocycles. The van der Waals surface area contributed by atoms with Gasteiger partial charge in [-0.1, -0.05) is 176 Å². The summed E-state index contributed by atoms with van der Waals surface area (Å²) in [4.78, 5) is 25.4. The highest BCUT2D eigenvalue weighted by Crippen LogP contribution is 2.55. The lowest BCUT2D eigenvalue weighted by Crippen LogP contribution is -2.33. The predicted molar refractivity (Wildman–Crippen MR) is 280 cm³/mol. The van der Waals surface area contributed by atoms with Crippen LogP contribution in [0.4, 0.5) is 0 Å². The van der Waals surface area contributed by atoms with E-state index >= 15 is 0 Å². The lowest BCUT2D eigenvalue weighted by Gasteiger charge is -2.32. The molecule has 0 atom stereocenters. The second-order valence-electron chi connectivity index (χ2n) is 20.8. The molecule has 0 amide bonds. The van der Waals surface area contributed by atoms with Gasteiger partial charge in [-0.05, 0) is 156 Å². The normalized spacial score (nSPS) is 13.5. The van der Waals surface area contributed by atoms with Crippen LogP contribution >= 0.6 is 0 Å². The van der Waals surface area contributed by atoms with E-state index in [0.29, 0.717) is 12.8 Å². The molecule has 330 valence electrons. The van der Waals surface area contributed by atoms with Crippen LogP contribution in [0.15, 0.2) is 159 Å². The van der Waals surface area contributed by atoms with Gasteiger partial charge in [0.2, 0.25) is 0 Å². The van der Waals surface area contributed by atoms with Gasteiger partial charge in [0.1, 0.15) is 6.61 Å². The van der Waals surface area contributed by atoms with E-state index in [2.05, 4.69) is 188 Å². The molecule has 0 fully saturated rings. The third-order valence-electron chi connectivity index (χ3n) is 14.7. The highest BCUT2D eigenvalue weighted by Gasteiger charge is 2.45. The minimum Gasteiger partial charge on any atom is -0.463 e. The largest absolute Gasteiger partial charge is 0.463 e. The summed E-state index contributed by atoms with van der Waals surface area (Å²) in [5, 5.41) is 14.9. The van der Waals surface area contributed by atoms with Crippen molar-refractivity contribution in [3.05, 3.63) is 181 Å². The number of carbonyl (C=O) groups excluding carboxylic acids is 2. The van der Waals surface area contributed by atoms with Crippen LogP contribution in [0.2, 0.25) is 0 Å². The number of benzene rings is 10. The summed E-state index contributed by atoms with van der Waals surface area (Å²) in [6.45, 7) is 21.3. The highest BCUT2D eigenvalue weighted by atomic mass is 16.5. The fraction of sp³-hybridized carbons (Fsp3) is 0.206. The summed E-state index contributed by atoms with van der Waals surface area (Å²) >= 11 is 0. The van der Waals surface area contributed by atoms with Gasteiger partial charge >= 0.3 is 11.9 Å². The van der Waals surface area contributed by atoms with E-state index in [4.69, 9.17) is 9.47 Å². The SMILES string of the molecule is C=CC(=O)OCCCC1(COC(=O)C=C)c2cc(-c3ccc4ccc5cc(C(C)(C)C)cc6ccc3c4c56)ccc2-c2ccc(-c3ccc4ccc5cc(C(C)(C)C)cc6ccc3c4c56)cc21. The molecule has 11 rings (SSSR count). The second kappa shape index (κ2) is 15.4. The molecular formula is C63H54O4. The van der Waals surface area contributed by atoms with E-state index in [-0.39, 0.29) is 24.0 Å². The second-order valence-corrected chi connectivity index (χ2v) is 20.8. The van der Waals surface area contributed by atoms with Crippen molar-refractivity contribution in [1.29, 1.82) is 0 Å². The molecule has 0 aromatic heterocycles. The van der Waals surface area contributed by atoms with E-state index < -0.39 is 17.4 Å². The Kier molecular flexibility index (Phi) is 9.72. The number of hydrogen-bond acceptors (Lipinski definition) is 4. The van der Waals surface area contributed by atoms with Crippen LogP contribution in [0.3, 0.4) is 0 Å². The maximum atomic E-state index is 13.1. The van der Waals surface area contributed by atoms with Gasteiger partial charge in [-0.25, -0.2) is 9.59 Å². The van der Waals surface area contributed by atoms with Crippen molar-refractivity contribution in [2.45, 2.75) is 70.6 Å². The summed E-state index contributed by atoms with van der Waals surface area (Å²) in [6.07, 6.45) is 3.51. The Morgan fingerprint density at radius 3 is 1.30 bits per heavy atom. The Hall–Kier alpha value is -7.30. The molecule has 1 aliphatic carbocycles. The fourth-order valence-electron chi connectivity index (χ4n) is 11.2. The molecule has 0 unspecified atom stereocenters. The topological polar surface area (TPSA) is 52.6 Å². The van der Waals surface area contributed by atoms with E-state index in [0.717, 1.165) is 44.5 Å². The lowest BCUT2D eigenvalue weighted by molar-refractivity contribution is -0.139. The molecule has 0 heterocycles. The number of ether oxygens (including phenoxy) is 2. The molecule has 0 saturated heterocycles. The van der Waals surface area contributed by atoms with Crippen LogP contribution in [0.25, 0.3) is 98.0 Å². The number of fused-ring (bicyclic) bond motifs is 3. The first-order valence-electron chi connectivity index (χ1n) is 23.5. The molecule has 0 aliphatic heterocycles. The third-order valence-corrected chi connectivity index (χ3v) is 14.7. The monoisotopic (exact) mass is 874 g/mol. The van der Waals surface area contributed by atoms with E-state index in [1.807, 2.05) is 0 Å². The number of esters is 2. The van der Waals surface area contributed by atoms with Crippen molar-refractivity contribution < 1.29 is 19.1 Å². The Labute approximate surface area is 392 Å². The molecular weight excluding hydrogens is 821 g/mol. The van der Waals surface area contributed by atoms with Crippen molar-refractivity contribution in [1.82, 2.24) is 0 Å². The Morgan fingerprint density at radius 1 is 0.478 bits per heavy atom. The Morgan fingerprint density at radius 2 is 0.866 bits per heavy atom. The van der Waals surface area contributed by atoms with Gasteiger partial charge in [0, 0.05) is 12.2 Å². The molecule has 4 heteroatoms. The maximum Gasteiger partial charge on any atom is 0.330 e. The number of rotatable bonds is 10. The predicted octanol–water partition coefficient (Wildman–Crippen LogP) is 15.9. The quantitative estimate of drug-likeness (QED) is 0.0594. The first-order chi connectivity index (χ1) is 32.2. The van der Waals surface area contributed by atoms with Crippen LogP contribution in [-0.2, 0) is 35.3 Å². The van der Waals surface area contributed by atoms with E-state index in [1.54, 1.807) is 0 Å². The lowest BCUT2D eigenvalue weighted by atomic mass is 9.74. The van der Waals surface area contributed by atoms with Gasteiger partial charge < -0.3 is 9.47 Å². The highest BCUT2D eigenvalue weighted by molar-refractivity contribution is 6.27. The first kappa shape index (κ1) is 42.3. The molecule has 0 spiro atoms. The van der Waals surface area contributed by atoms with Crippen LogP contribution in [-0.4, -0.2) is 25.2 Å². The minimum absolute atomic E-state index is 0.0247. The van der Waals surface area contributed by atoms with Crippen molar-refractivity contribution in [3.63, 3.8) is 0 Å². The van der Waals surface area contributed by atoms with Gasteiger partial charge in [-0.2, -0.15) is 0 Å². The van der Waals surface area contributed by atoms with Gasteiger partial charge in [-0.15, -0.1) is 0 Å². The molecule has 0 radical (unpaired) electrons. The zero-order chi connectivity index (χ0) is 46.6. The van der Waals surface area contributed by atoms with E-state index in [9.17, 15) is 9.59 Å². The van der Waals surface area contributed by atoms with E-state index in [1.165, 1.54) is 87.9 Å². The summed E-state index contributed by atoms with van der Waals surface area (Å²) < 4.78 is 11.7. The third kappa shape index (κ3) is 6.79. The average molecular weight is 875 g/mol. The molecule has 4 nitrogen and oxygen atoms in total. The van der Waals surface area contributed by atoms with Crippen LogP contribution in [0, 0.1) is 0 Å². The van der Waals surface area contributed by atoms with Gasteiger partial charge in [0.05, 0.1) is 12.0 Å². The van der Waals surface area contributed by atoms with Crippen LogP contribution in [0.1, 0.15) is 76.6 Å². The average Bonchev–Trinajstić information content (AvgIpc) is 3.59.